The van der Waals surface area contributed by atoms with Crippen molar-refractivity contribution < 1.29 is 18.7 Å². The maximum Gasteiger partial charge on any atom is 0.322 e. The second kappa shape index (κ2) is 7.43. The zero-order chi connectivity index (χ0) is 17.8. The number of anilines is 1. The van der Waals surface area contributed by atoms with Gasteiger partial charge in [-0.15, -0.1) is 10.2 Å². The van der Waals surface area contributed by atoms with Crippen molar-refractivity contribution in [3.05, 3.63) is 24.3 Å². The second-order valence-electron chi connectivity index (χ2n) is 5.79. The topological polar surface area (TPSA) is 116 Å². The Morgan fingerprint density at radius 2 is 2.28 bits per heavy atom. The fourth-order valence-electron chi connectivity index (χ4n) is 2.42. The first-order chi connectivity index (χ1) is 12.1. The summed E-state index contributed by atoms with van der Waals surface area (Å²) in [6.45, 7) is 5.03. The Morgan fingerprint density at radius 1 is 1.44 bits per heavy atom. The van der Waals surface area contributed by atoms with E-state index in [1.54, 1.807) is 4.90 Å². The van der Waals surface area contributed by atoms with Crippen LogP contribution in [0.5, 0.6) is 5.88 Å². The van der Waals surface area contributed by atoms with Gasteiger partial charge >= 0.3 is 6.03 Å². The number of rotatable bonds is 4. The summed E-state index contributed by atoms with van der Waals surface area (Å²) in [5.41, 5.74) is 0.383. The van der Waals surface area contributed by atoms with Crippen molar-refractivity contribution in [1.82, 2.24) is 25.1 Å². The molecule has 2 aromatic heterocycles. The Hall–Kier alpha value is -2.75. The Kier molecular flexibility index (Phi) is 5.08. The second-order valence-corrected chi connectivity index (χ2v) is 5.79. The van der Waals surface area contributed by atoms with Gasteiger partial charge in [-0.05, 0) is 0 Å². The van der Waals surface area contributed by atoms with Crippen LogP contribution in [0.1, 0.15) is 37.6 Å². The highest BCUT2D eigenvalue weighted by atomic mass is 16.5. The van der Waals surface area contributed by atoms with Crippen molar-refractivity contribution in [1.29, 1.82) is 0 Å². The molecule has 1 aliphatic rings. The van der Waals surface area contributed by atoms with Crippen LogP contribution in [0.2, 0.25) is 0 Å². The number of methoxy groups -OCH3 is 1. The van der Waals surface area contributed by atoms with Crippen LogP contribution in [0, 0.1) is 0 Å². The van der Waals surface area contributed by atoms with Crippen molar-refractivity contribution >= 4 is 11.7 Å². The highest BCUT2D eigenvalue weighted by molar-refractivity contribution is 5.90. The highest BCUT2D eigenvalue weighted by Crippen LogP contribution is 2.27. The number of nitrogens with zero attached hydrogens (tertiary/aromatic N) is 5. The predicted molar refractivity (Wildman–Crippen MR) is 86.3 cm³/mol. The molecule has 10 heteroatoms. The van der Waals surface area contributed by atoms with Crippen molar-refractivity contribution in [3.8, 4) is 5.88 Å². The van der Waals surface area contributed by atoms with E-state index in [9.17, 15) is 4.79 Å². The molecule has 1 saturated heterocycles. The monoisotopic (exact) mass is 348 g/mol. The lowest BCUT2D eigenvalue weighted by Gasteiger charge is -2.33. The average Bonchev–Trinajstić information content (AvgIpc) is 3.12. The number of aromatic nitrogens is 4. The molecule has 2 amide bonds. The maximum atomic E-state index is 12.7. The molecule has 0 saturated carbocycles. The van der Waals surface area contributed by atoms with Crippen LogP contribution in [-0.2, 0) is 4.74 Å². The third kappa shape index (κ3) is 3.68. The van der Waals surface area contributed by atoms with Gasteiger partial charge in [0, 0.05) is 12.5 Å². The Balaban J connectivity index is 1.79. The van der Waals surface area contributed by atoms with Crippen molar-refractivity contribution in [2.45, 2.75) is 25.8 Å². The van der Waals surface area contributed by atoms with Crippen LogP contribution in [0.25, 0.3) is 0 Å². The minimum atomic E-state index is -0.454. The number of ether oxygens (including phenoxy) is 2. The summed E-state index contributed by atoms with van der Waals surface area (Å²) < 4.78 is 16.3. The molecule has 0 aliphatic carbocycles. The van der Waals surface area contributed by atoms with Gasteiger partial charge in [0.2, 0.25) is 17.7 Å². The Labute approximate surface area is 144 Å². The number of morpholine rings is 1. The predicted octanol–water partition coefficient (Wildman–Crippen LogP) is 1.60. The van der Waals surface area contributed by atoms with Gasteiger partial charge in [0.05, 0.1) is 26.5 Å². The molecule has 134 valence electrons. The largest absolute Gasteiger partial charge is 0.479 e. The molecule has 1 atom stereocenters. The number of amides is 2. The molecule has 10 nitrogen and oxygen atoms in total. The summed E-state index contributed by atoms with van der Waals surface area (Å²) in [4.78, 5) is 22.2. The van der Waals surface area contributed by atoms with Crippen molar-refractivity contribution in [2.75, 3.05) is 32.2 Å². The van der Waals surface area contributed by atoms with Gasteiger partial charge in [-0.1, -0.05) is 13.8 Å². The van der Waals surface area contributed by atoms with Gasteiger partial charge in [0.1, 0.15) is 18.1 Å². The van der Waals surface area contributed by atoms with Crippen LogP contribution < -0.4 is 10.1 Å². The van der Waals surface area contributed by atoms with Crippen LogP contribution in [0.15, 0.2) is 16.9 Å². The van der Waals surface area contributed by atoms with Gasteiger partial charge in [0.25, 0.3) is 0 Å². The third-order valence-corrected chi connectivity index (χ3v) is 3.74. The zero-order valence-electron chi connectivity index (χ0n) is 14.3. The quantitative estimate of drug-likeness (QED) is 0.886. The molecular weight excluding hydrogens is 328 g/mol. The first kappa shape index (κ1) is 17.1. The number of carbonyl (C=O) groups is 1. The van der Waals surface area contributed by atoms with E-state index in [0.29, 0.717) is 30.6 Å². The Bertz CT molecular complexity index is 734. The fourth-order valence-corrected chi connectivity index (χ4v) is 2.42. The van der Waals surface area contributed by atoms with Crippen LogP contribution >= 0.6 is 0 Å². The van der Waals surface area contributed by atoms with E-state index in [-0.39, 0.29) is 24.4 Å². The molecule has 25 heavy (non-hydrogen) atoms. The molecule has 1 N–H and O–H groups in total. The van der Waals surface area contributed by atoms with E-state index < -0.39 is 6.04 Å². The number of carbonyl (C=O) groups excluding carboxylic acids is 1. The molecule has 3 rings (SSSR count). The lowest BCUT2D eigenvalue weighted by molar-refractivity contribution is 0.00493. The summed E-state index contributed by atoms with van der Waals surface area (Å²) >= 11 is 0. The minimum absolute atomic E-state index is 0.110. The first-order valence-electron chi connectivity index (χ1n) is 7.92. The summed E-state index contributed by atoms with van der Waals surface area (Å²) in [6, 6.07) is -0.796. The van der Waals surface area contributed by atoms with E-state index in [2.05, 4.69) is 25.5 Å². The number of nitrogens with one attached hydrogen (secondary N) is 1. The molecule has 3 heterocycles. The molecule has 0 radical (unpaired) electrons. The molecule has 1 fully saturated rings. The molecule has 2 aromatic rings. The van der Waals surface area contributed by atoms with Crippen molar-refractivity contribution in [3.63, 3.8) is 0 Å². The maximum absolute atomic E-state index is 12.7. The molecule has 0 unspecified atom stereocenters. The standard InChI is InChI=1S/C15H20N6O4/c1-9(2)12-19-20-14(25-12)11-7-24-5-4-21(11)15(22)18-10-6-16-8-17-13(10)23-3/h6,8-9,11H,4-5,7H2,1-3H3,(H,18,22)/t11-/m1/s1. The minimum Gasteiger partial charge on any atom is -0.479 e. The van der Waals surface area contributed by atoms with Gasteiger partial charge in [-0.2, -0.15) is 4.98 Å². The van der Waals surface area contributed by atoms with E-state index in [0.717, 1.165) is 0 Å². The number of urea groups is 1. The average molecular weight is 348 g/mol. The molecule has 1 aliphatic heterocycles. The summed E-state index contributed by atoms with van der Waals surface area (Å²) in [7, 11) is 1.47. The van der Waals surface area contributed by atoms with Crippen LogP contribution in [0.4, 0.5) is 10.5 Å². The van der Waals surface area contributed by atoms with E-state index in [1.165, 1.54) is 19.6 Å². The Morgan fingerprint density at radius 3 is 3.00 bits per heavy atom. The summed E-state index contributed by atoms with van der Waals surface area (Å²) in [6.07, 6.45) is 2.82. The number of hydrogen-bond acceptors (Lipinski definition) is 8. The molecule has 0 aromatic carbocycles. The van der Waals surface area contributed by atoms with Gasteiger partial charge in [-0.3, -0.25) is 0 Å². The smallest absolute Gasteiger partial charge is 0.322 e. The van der Waals surface area contributed by atoms with Gasteiger partial charge in [0.15, 0.2) is 0 Å². The third-order valence-electron chi connectivity index (χ3n) is 3.74. The van der Waals surface area contributed by atoms with Gasteiger partial charge < -0.3 is 24.1 Å². The molecule has 0 bridgehead atoms. The zero-order valence-corrected chi connectivity index (χ0v) is 14.3. The number of hydrogen-bond donors (Lipinski definition) is 1. The first-order valence-corrected chi connectivity index (χ1v) is 7.92. The van der Waals surface area contributed by atoms with E-state index >= 15 is 0 Å². The highest BCUT2D eigenvalue weighted by Gasteiger charge is 2.33. The molecular formula is C15H20N6O4. The van der Waals surface area contributed by atoms with E-state index in [1.807, 2.05) is 13.8 Å². The molecule has 0 spiro atoms. The summed E-state index contributed by atoms with van der Waals surface area (Å²) in [5.74, 6) is 1.28. The normalized spacial score (nSPS) is 17.6. The lowest BCUT2D eigenvalue weighted by atomic mass is 10.2. The van der Waals surface area contributed by atoms with Crippen molar-refractivity contribution in [2.24, 2.45) is 0 Å². The van der Waals surface area contributed by atoms with Crippen LogP contribution in [-0.4, -0.2) is 58.0 Å². The summed E-state index contributed by atoms with van der Waals surface area (Å²) in [5, 5.41) is 10.8. The lowest BCUT2D eigenvalue weighted by Crippen LogP contribution is -2.45. The van der Waals surface area contributed by atoms with E-state index in [4.69, 9.17) is 13.9 Å². The fraction of sp³-hybridized carbons (Fsp3) is 0.533. The SMILES string of the molecule is COc1ncncc1NC(=O)N1CCOC[C@@H]1c1nnc(C(C)C)o1. The van der Waals surface area contributed by atoms with Gasteiger partial charge in [-0.25, -0.2) is 9.78 Å². The van der Waals surface area contributed by atoms with Crippen LogP contribution in [0.3, 0.4) is 0 Å².